The van der Waals surface area contributed by atoms with E-state index in [2.05, 4.69) is 39.6 Å². The minimum Gasteiger partial charge on any atom is -0.475 e. The molecule has 1 saturated heterocycles. The Labute approximate surface area is 242 Å². The van der Waals surface area contributed by atoms with Crippen molar-refractivity contribution in [1.29, 1.82) is 0 Å². The fourth-order valence-electron chi connectivity index (χ4n) is 4.55. The Balaban J connectivity index is 0.000000541. The van der Waals surface area contributed by atoms with Gasteiger partial charge in [-0.05, 0) is 60.3 Å². The normalized spacial score (nSPS) is 13.7. The maximum Gasteiger partial charge on any atom is 0.490 e. The van der Waals surface area contributed by atoms with E-state index in [9.17, 15) is 31.1 Å². The molecule has 43 heavy (non-hydrogen) atoms. The molecular weight excluding hydrogens is 578 g/mol. The number of nitrogens with zero attached hydrogens (tertiary/aromatic N) is 2. The third kappa shape index (κ3) is 8.57. The number of nitrogens with one attached hydrogen (secondary N) is 2. The molecule has 0 spiro atoms. The van der Waals surface area contributed by atoms with Crippen molar-refractivity contribution >= 4 is 22.9 Å². The van der Waals surface area contributed by atoms with Crippen molar-refractivity contribution in [3.8, 4) is 22.5 Å². The number of alkyl halides is 6. The maximum absolute atomic E-state index is 13.0. The first-order valence-corrected chi connectivity index (χ1v) is 13.4. The van der Waals surface area contributed by atoms with E-state index in [-0.39, 0.29) is 5.91 Å². The highest BCUT2D eigenvalue weighted by Crippen LogP contribution is 2.32. The average Bonchev–Trinajstić information content (AvgIpc) is 3.58. The lowest BCUT2D eigenvalue weighted by molar-refractivity contribution is -0.192. The van der Waals surface area contributed by atoms with E-state index in [0.29, 0.717) is 23.3 Å². The first kappa shape index (κ1) is 31.5. The van der Waals surface area contributed by atoms with Crippen molar-refractivity contribution in [1.82, 2.24) is 20.2 Å². The number of imidazole rings is 1. The van der Waals surface area contributed by atoms with Gasteiger partial charge in [-0.3, -0.25) is 4.79 Å². The largest absolute Gasteiger partial charge is 0.490 e. The third-order valence-electron chi connectivity index (χ3n) is 6.76. The molecule has 0 unspecified atom stereocenters. The van der Waals surface area contributed by atoms with E-state index in [4.69, 9.17) is 9.90 Å². The van der Waals surface area contributed by atoms with Crippen molar-refractivity contribution < 1.29 is 41.0 Å². The molecule has 1 aliphatic heterocycles. The van der Waals surface area contributed by atoms with Gasteiger partial charge in [0.1, 0.15) is 5.82 Å². The molecule has 7 nitrogen and oxygen atoms in total. The number of aromatic amines is 1. The minimum absolute atomic E-state index is 0.269. The predicted octanol–water partition coefficient (Wildman–Crippen LogP) is 6.65. The number of likely N-dealkylation sites (tertiary alicyclic amines) is 1. The number of benzene rings is 3. The van der Waals surface area contributed by atoms with Gasteiger partial charge in [-0.15, -0.1) is 0 Å². The zero-order valence-corrected chi connectivity index (χ0v) is 22.7. The number of aromatic nitrogens is 2. The molecule has 0 radical (unpaired) electrons. The molecule has 3 N–H and O–H groups in total. The molecule has 5 rings (SSSR count). The van der Waals surface area contributed by atoms with Gasteiger partial charge in [0.2, 0.25) is 5.91 Å². The number of carbonyl (C=O) groups is 2. The van der Waals surface area contributed by atoms with Gasteiger partial charge < -0.3 is 20.3 Å². The number of carboxylic acids is 1. The molecule has 1 aliphatic rings. The minimum atomic E-state index is -5.08. The summed E-state index contributed by atoms with van der Waals surface area (Å²) < 4.78 is 70.8. The number of aliphatic carboxylic acids is 1. The number of carbonyl (C=O) groups excluding carboxylic acids is 1. The summed E-state index contributed by atoms with van der Waals surface area (Å²) in [5.74, 6) is -1.96. The second-order valence-corrected chi connectivity index (χ2v) is 9.91. The van der Waals surface area contributed by atoms with Crippen molar-refractivity contribution in [3.63, 3.8) is 0 Å². The van der Waals surface area contributed by atoms with Crippen LogP contribution in [0.4, 0.5) is 26.3 Å². The number of H-pyrrole nitrogens is 1. The Morgan fingerprint density at radius 1 is 0.953 bits per heavy atom. The molecular formula is C30H28F6N4O3. The predicted molar refractivity (Wildman–Crippen MR) is 148 cm³/mol. The molecule has 0 saturated carbocycles. The molecule has 0 atom stereocenters. The van der Waals surface area contributed by atoms with Gasteiger partial charge in [-0.2, -0.15) is 26.3 Å². The van der Waals surface area contributed by atoms with Crippen LogP contribution in [0.25, 0.3) is 33.5 Å². The lowest BCUT2D eigenvalue weighted by Gasteiger charge is -2.15. The van der Waals surface area contributed by atoms with Crippen molar-refractivity contribution in [2.24, 2.45) is 0 Å². The number of hydrogen-bond acceptors (Lipinski definition) is 4. The summed E-state index contributed by atoms with van der Waals surface area (Å²) >= 11 is 0. The van der Waals surface area contributed by atoms with E-state index in [1.807, 2.05) is 29.2 Å². The van der Waals surface area contributed by atoms with Gasteiger partial charge >= 0.3 is 18.3 Å². The Hall–Kier alpha value is -4.39. The van der Waals surface area contributed by atoms with Gasteiger partial charge in [0, 0.05) is 31.6 Å². The van der Waals surface area contributed by atoms with Crippen LogP contribution in [-0.4, -0.2) is 57.7 Å². The maximum atomic E-state index is 13.0. The standard InChI is InChI=1S/C28H27F3N4O.C2HF3O2/c29-28(30,31)23-11-12-24-25(17-23)34-27(33-24)22-5-1-4-21(16-22)20-9-7-19(8-10-20)18-32-13-3-15-35-14-2-6-26(35)36;3-2(4,5)1(6)7/h1,4-5,7-12,16-17,32H,2-3,6,13-15,18H2,(H,33,34);(H,6,7). The van der Waals surface area contributed by atoms with Crippen molar-refractivity contribution in [2.75, 3.05) is 19.6 Å². The summed E-state index contributed by atoms with van der Waals surface area (Å²) in [4.78, 5) is 30.0. The molecule has 1 amide bonds. The van der Waals surface area contributed by atoms with Gasteiger partial charge in [0.25, 0.3) is 0 Å². The van der Waals surface area contributed by atoms with E-state index in [1.54, 1.807) is 0 Å². The van der Waals surface area contributed by atoms with Gasteiger partial charge in [0.15, 0.2) is 0 Å². The van der Waals surface area contributed by atoms with E-state index >= 15 is 0 Å². The molecule has 2 heterocycles. The number of hydrogen-bond donors (Lipinski definition) is 3. The molecule has 0 aliphatic carbocycles. The van der Waals surface area contributed by atoms with E-state index in [0.717, 1.165) is 67.8 Å². The molecule has 0 bridgehead atoms. The summed E-state index contributed by atoms with van der Waals surface area (Å²) in [6.07, 6.45) is -6.88. The summed E-state index contributed by atoms with van der Waals surface area (Å²) in [7, 11) is 0. The van der Waals surface area contributed by atoms with E-state index in [1.165, 1.54) is 11.6 Å². The highest BCUT2D eigenvalue weighted by molar-refractivity contribution is 5.81. The highest BCUT2D eigenvalue weighted by Gasteiger charge is 2.38. The van der Waals surface area contributed by atoms with Crippen molar-refractivity contribution in [2.45, 2.75) is 38.2 Å². The van der Waals surface area contributed by atoms with Crippen molar-refractivity contribution in [3.05, 3.63) is 77.9 Å². The topological polar surface area (TPSA) is 98.3 Å². The second kappa shape index (κ2) is 13.3. The van der Waals surface area contributed by atoms with Gasteiger partial charge in [-0.1, -0.05) is 42.5 Å². The van der Waals surface area contributed by atoms with Crippen LogP contribution in [0.2, 0.25) is 0 Å². The molecule has 3 aromatic carbocycles. The number of amides is 1. The molecule has 4 aromatic rings. The second-order valence-electron chi connectivity index (χ2n) is 9.91. The Morgan fingerprint density at radius 3 is 2.28 bits per heavy atom. The number of rotatable bonds is 8. The Bertz CT molecular complexity index is 1560. The van der Waals surface area contributed by atoms with Crippen LogP contribution in [0.15, 0.2) is 66.7 Å². The quantitative estimate of drug-likeness (QED) is 0.154. The van der Waals surface area contributed by atoms with Crippen LogP contribution in [0.3, 0.4) is 0 Å². The van der Waals surface area contributed by atoms with Crippen LogP contribution in [-0.2, 0) is 22.3 Å². The monoisotopic (exact) mass is 606 g/mol. The van der Waals surface area contributed by atoms with Gasteiger partial charge in [0.05, 0.1) is 16.6 Å². The molecule has 1 fully saturated rings. The van der Waals surface area contributed by atoms with Crippen LogP contribution in [0.1, 0.15) is 30.4 Å². The first-order valence-electron chi connectivity index (χ1n) is 13.4. The van der Waals surface area contributed by atoms with Crippen LogP contribution in [0.5, 0.6) is 0 Å². The summed E-state index contributed by atoms with van der Waals surface area (Å²) in [6.45, 7) is 3.31. The lowest BCUT2D eigenvalue weighted by atomic mass is 10.0. The fraction of sp³-hybridized carbons (Fsp3) is 0.300. The smallest absolute Gasteiger partial charge is 0.475 e. The third-order valence-corrected chi connectivity index (χ3v) is 6.76. The van der Waals surface area contributed by atoms with Gasteiger partial charge in [-0.25, -0.2) is 9.78 Å². The number of carboxylic acid groups (broad SMARTS) is 1. The highest BCUT2D eigenvalue weighted by atomic mass is 19.4. The van der Waals surface area contributed by atoms with Crippen LogP contribution in [0, 0.1) is 0 Å². The van der Waals surface area contributed by atoms with Crippen LogP contribution < -0.4 is 5.32 Å². The zero-order chi connectivity index (χ0) is 31.2. The summed E-state index contributed by atoms with van der Waals surface area (Å²) in [5, 5.41) is 10.6. The lowest BCUT2D eigenvalue weighted by Crippen LogP contribution is -2.28. The zero-order valence-electron chi connectivity index (χ0n) is 22.7. The fourth-order valence-corrected chi connectivity index (χ4v) is 4.55. The average molecular weight is 607 g/mol. The first-order chi connectivity index (χ1) is 20.3. The SMILES string of the molecule is O=C(O)C(F)(F)F.O=C1CCCN1CCCNCc1ccc(-c2cccc(-c3nc4ccc(C(F)(F)F)cc4[nH]3)c2)cc1. The number of fused-ring (bicyclic) bond motifs is 1. The summed E-state index contributed by atoms with van der Waals surface area (Å²) in [6, 6.07) is 19.6. The molecule has 13 heteroatoms. The van der Waals surface area contributed by atoms with E-state index < -0.39 is 23.9 Å². The number of halogens is 6. The molecule has 228 valence electrons. The summed E-state index contributed by atoms with van der Waals surface area (Å²) in [5.41, 5.74) is 4.17. The molecule has 1 aromatic heterocycles. The van der Waals surface area contributed by atoms with Crippen LogP contribution >= 0.6 is 0 Å². The Morgan fingerprint density at radius 2 is 1.65 bits per heavy atom. The Kier molecular flexibility index (Phi) is 9.74.